The van der Waals surface area contributed by atoms with Crippen LogP contribution in [0.3, 0.4) is 0 Å². The van der Waals surface area contributed by atoms with Gasteiger partial charge in [0.05, 0.1) is 0 Å². The third kappa shape index (κ3) is 0.537. The van der Waals surface area contributed by atoms with E-state index in [1.807, 2.05) is 0 Å². The summed E-state index contributed by atoms with van der Waals surface area (Å²) in [5, 5.41) is 0. The quantitative estimate of drug-likeness (QED) is 0.423. The summed E-state index contributed by atoms with van der Waals surface area (Å²) in [6, 6.07) is 0. The van der Waals surface area contributed by atoms with Gasteiger partial charge in [0.15, 0.2) is 0 Å². The first-order valence-corrected chi connectivity index (χ1v) is 2.43. The Morgan fingerprint density at radius 3 is 2.00 bits per heavy atom. The van der Waals surface area contributed by atoms with E-state index in [0.29, 0.717) is 5.92 Å². The Morgan fingerprint density at radius 1 is 1.50 bits per heavy atom. The molecule has 6 heavy (non-hydrogen) atoms. The zero-order chi connectivity index (χ0) is 4.57. The first-order valence-electron chi connectivity index (χ1n) is 2.43. The lowest BCUT2D eigenvalue weighted by Gasteiger charge is -2.24. The minimum atomic E-state index is -0.458. The summed E-state index contributed by atoms with van der Waals surface area (Å²) < 4.78 is 11.8. The second-order valence-corrected chi connectivity index (χ2v) is 2.17. The molecular formula is C5H9F. The van der Waals surface area contributed by atoms with Crippen molar-refractivity contribution in [2.24, 2.45) is 5.92 Å². The summed E-state index contributed by atoms with van der Waals surface area (Å²) >= 11 is 0. The first kappa shape index (κ1) is 4.10. The van der Waals surface area contributed by atoms with Crippen molar-refractivity contribution in [3.63, 3.8) is 0 Å². The van der Waals surface area contributed by atoms with Gasteiger partial charge in [-0.25, -0.2) is 4.39 Å². The van der Waals surface area contributed by atoms with E-state index < -0.39 is 6.17 Å². The van der Waals surface area contributed by atoms with Crippen LogP contribution in [-0.2, 0) is 0 Å². The van der Waals surface area contributed by atoms with Crippen molar-refractivity contribution in [1.29, 1.82) is 0 Å². The second kappa shape index (κ2) is 1.21. The lowest BCUT2D eigenvalue weighted by atomic mass is 9.85. The standard InChI is InChI=1S/C5H9F/c1-4-2-5(6)3-4/h4-5H,2-3H2,1H3/t4-,5-. The van der Waals surface area contributed by atoms with Crippen molar-refractivity contribution in [2.75, 3.05) is 0 Å². The molecule has 0 aromatic carbocycles. The number of hydrogen-bond acceptors (Lipinski definition) is 0. The lowest BCUT2D eigenvalue weighted by molar-refractivity contribution is 0.144. The molecular weight excluding hydrogens is 79.1 g/mol. The van der Waals surface area contributed by atoms with Gasteiger partial charge in [-0.3, -0.25) is 0 Å². The molecule has 1 fully saturated rings. The molecule has 36 valence electrons. The molecule has 0 atom stereocenters. The van der Waals surface area contributed by atoms with Crippen LogP contribution >= 0.6 is 0 Å². The minimum Gasteiger partial charge on any atom is -0.247 e. The predicted octanol–water partition coefficient (Wildman–Crippen LogP) is 1.75. The summed E-state index contributed by atoms with van der Waals surface area (Å²) in [7, 11) is 0. The van der Waals surface area contributed by atoms with Crippen LogP contribution in [0.4, 0.5) is 4.39 Å². The maximum Gasteiger partial charge on any atom is 0.101 e. The third-order valence-electron chi connectivity index (χ3n) is 1.32. The van der Waals surface area contributed by atoms with E-state index in [9.17, 15) is 4.39 Å². The average molecular weight is 88.1 g/mol. The molecule has 0 nitrogen and oxygen atoms in total. The van der Waals surface area contributed by atoms with Crippen molar-refractivity contribution < 1.29 is 4.39 Å². The molecule has 0 aliphatic heterocycles. The van der Waals surface area contributed by atoms with Crippen LogP contribution in [0, 0.1) is 5.92 Å². The monoisotopic (exact) mass is 88.1 g/mol. The molecule has 0 bridgehead atoms. The Morgan fingerprint density at radius 2 is 2.00 bits per heavy atom. The Hall–Kier alpha value is -0.0700. The molecule has 0 heterocycles. The molecule has 0 aromatic heterocycles. The van der Waals surface area contributed by atoms with Gasteiger partial charge in [0.1, 0.15) is 6.17 Å². The Balaban J connectivity index is 2.11. The van der Waals surface area contributed by atoms with Gasteiger partial charge in [-0.1, -0.05) is 6.92 Å². The fraction of sp³-hybridized carbons (Fsp3) is 1.00. The van der Waals surface area contributed by atoms with Crippen LogP contribution < -0.4 is 0 Å². The fourth-order valence-electron chi connectivity index (χ4n) is 0.804. The molecule has 1 rings (SSSR count). The summed E-state index contributed by atoms with van der Waals surface area (Å²) in [5.41, 5.74) is 0. The van der Waals surface area contributed by atoms with Crippen molar-refractivity contribution >= 4 is 0 Å². The fourth-order valence-corrected chi connectivity index (χ4v) is 0.804. The number of rotatable bonds is 0. The Labute approximate surface area is 37.4 Å². The van der Waals surface area contributed by atoms with Gasteiger partial charge in [-0.2, -0.15) is 0 Å². The van der Waals surface area contributed by atoms with E-state index in [1.165, 1.54) is 0 Å². The summed E-state index contributed by atoms with van der Waals surface area (Å²) in [5.74, 6) is 0.667. The van der Waals surface area contributed by atoms with E-state index in [0.717, 1.165) is 12.8 Å². The van der Waals surface area contributed by atoms with Crippen LogP contribution in [0.15, 0.2) is 0 Å². The molecule has 1 saturated carbocycles. The van der Waals surface area contributed by atoms with Gasteiger partial charge in [-0.05, 0) is 18.8 Å². The van der Waals surface area contributed by atoms with Crippen molar-refractivity contribution in [2.45, 2.75) is 25.9 Å². The summed E-state index contributed by atoms with van der Waals surface area (Å²) in [6.45, 7) is 2.08. The molecule has 1 aliphatic carbocycles. The summed E-state index contributed by atoms with van der Waals surface area (Å²) in [4.78, 5) is 0. The Kier molecular flexibility index (Phi) is 0.827. The van der Waals surface area contributed by atoms with Crippen LogP contribution in [0.2, 0.25) is 0 Å². The van der Waals surface area contributed by atoms with E-state index in [4.69, 9.17) is 0 Å². The minimum absolute atomic E-state index is 0.458. The van der Waals surface area contributed by atoms with E-state index in [2.05, 4.69) is 6.92 Å². The number of hydrogen-bond donors (Lipinski definition) is 0. The van der Waals surface area contributed by atoms with Gasteiger partial charge < -0.3 is 0 Å². The van der Waals surface area contributed by atoms with E-state index in [1.54, 1.807) is 0 Å². The summed E-state index contributed by atoms with van der Waals surface area (Å²) in [6.07, 6.45) is 1.15. The lowest BCUT2D eigenvalue weighted by Crippen LogP contribution is -2.21. The molecule has 1 heteroatoms. The number of halogens is 1. The highest BCUT2D eigenvalue weighted by molar-refractivity contribution is 4.74. The van der Waals surface area contributed by atoms with Crippen LogP contribution in [-0.4, -0.2) is 6.17 Å². The van der Waals surface area contributed by atoms with Gasteiger partial charge in [0, 0.05) is 0 Å². The van der Waals surface area contributed by atoms with Crippen LogP contribution in [0.1, 0.15) is 19.8 Å². The SMILES string of the molecule is C[C@H]1C[C@H](F)C1. The second-order valence-electron chi connectivity index (χ2n) is 2.17. The molecule has 1 aliphatic rings. The smallest absolute Gasteiger partial charge is 0.101 e. The van der Waals surface area contributed by atoms with E-state index in [-0.39, 0.29) is 0 Å². The molecule has 0 spiro atoms. The zero-order valence-corrected chi connectivity index (χ0v) is 3.95. The molecule has 0 saturated heterocycles. The molecule has 0 unspecified atom stereocenters. The van der Waals surface area contributed by atoms with E-state index >= 15 is 0 Å². The highest BCUT2D eigenvalue weighted by atomic mass is 19.1. The van der Waals surface area contributed by atoms with Crippen LogP contribution in [0.5, 0.6) is 0 Å². The highest BCUT2D eigenvalue weighted by Gasteiger charge is 2.23. The van der Waals surface area contributed by atoms with Gasteiger partial charge >= 0.3 is 0 Å². The van der Waals surface area contributed by atoms with Crippen molar-refractivity contribution in [3.8, 4) is 0 Å². The topological polar surface area (TPSA) is 0 Å². The Bertz CT molecular complexity index is 39.9. The first-order chi connectivity index (χ1) is 2.79. The molecule has 0 radical (unpaired) electrons. The third-order valence-corrected chi connectivity index (χ3v) is 1.32. The largest absolute Gasteiger partial charge is 0.247 e. The maximum atomic E-state index is 11.8. The zero-order valence-electron chi connectivity index (χ0n) is 3.95. The van der Waals surface area contributed by atoms with Crippen molar-refractivity contribution in [1.82, 2.24) is 0 Å². The normalized spacial score (nSPS) is 45.0. The van der Waals surface area contributed by atoms with Crippen LogP contribution in [0.25, 0.3) is 0 Å². The van der Waals surface area contributed by atoms with Gasteiger partial charge in [-0.15, -0.1) is 0 Å². The van der Waals surface area contributed by atoms with Gasteiger partial charge in [0.25, 0.3) is 0 Å². The molecule has 0 N–H and O–H groups in total. The maximum absolute atomic E-state index is 11.8. The predicted molar refractivity (Wildman–Crippen MR) is 23.3 cm³/mol. The van der Waals surface area contributed by atoms with Crippen molar-refractivity contribution in [3.05, 3.63) is 0 Å². The average Bonchev–Trinajstić information content (AvgIpc) is 1.33. The number of alkyl halides is 1. The van der Waals surface area contributed by atoms with Gasteiger partial charge in [0.2, 0.25) is 0 Å². The molecule has 0 aromatic rings. The molecule has 0 amide bonds. The highest BCUT2D eigenvalue weighted by Crippen LogP contribution is 2.28.